The summed E-state index contributed by atoms with van der Waals surface area (Å²) < 4.78 is 76.0. The molecule has 0 spiro atoms. The number of benzene rings is 3. The molecule has 0 fully saturated rings. The highest BCUT2D eigenvalue weighted by Crippen LogP contribution is 2.46. The van der Waals surface area contributed by atoms with Crippen molar-refractivity contribution in [1.82, 2.24) is 4.98 Å². The predicted molar refractivity (Wildman–Crippen MR) is 140 cm³/mol. The minimum atomic E-state index is -4.60. The number of para-hydroxylation sites is 1. The molecule has 11 heteroatoms. The van der Waals surface area contributed by atoms with Gasteiger partial charge in [-0.25, -0.2) is 13.6 Å². The number of aromatic amines is 1. The van der Waals surface area contributed by atoms with E-state index in [1.807, 2.05) is 6.07 Å². The zero-order valence-corrected chi connectivity index (χ0v) is 21.7. The lowest BCUT2D eigenvalue weighted by atomic mass is 9.77. The molecular weight excluding hydrogens is 541 g/mol. The molecule has 2 atom stereocenters. The molecule has 204 valence electrons. The minimum absolute atomic E-state index is 0.0844. The summed E-state index contributed by atoms with van der Waals surface area (Å²) in [6, 6.07) is 10.7. The number of carbonyl (C=O) groups is 1. The number of aromatic nitrogens is 1. The predicted octanol–water partition coefficient (Wildman–Crippen LogP) is 8.71. The van der Waals surface area contributed by atoms with E-state index in [0.29, 0.717) is 17.1 Å². The Hall–Kier alpha value is -3.79. The number of fused-ring (bicyclic) bond motifs is 2. The Morgan fingerprint density at radius 3 is 2.54 bits per heavy atom. The molecule has 5 nitrogen and oxygen atoms in total. The number of H-pyrrole nitrogens is 1. The van der Waals surface area contributed by atoms with Crippen LogP contribution in [0.1, 0.15) is 37.8 Å². The fourth-order valence-corrected chi connectivity index (χ4v) is 5.44. The molecule has 2 heterocycles. The first kappa shape index (κ1) is 26.8. The van der Waals surface area contributed by atoms with Crippen molar-refractivity contribution in [2.45, 2.75) is 44.5 Å². The molecule has 0 saturated carbocycles. The molecule has 1 aliphatic rings. The number of halogens is 6. The van der Waals surface area contributed by atoms with Crippen molar-refractivity contribution in [2.75, 3.05) is 10.6 Å². The molecule has 0 aliphatic carbocycles. The average molecular weight is 564 g/mol. The maximum Gasteiger partial charge on any atom is 0.416 e. The van der Waals surface area contributed by atoms with Gasteiger partial charge in [0.15, 0.2) is 0 Å². The zero-order chi connectivity index (χ0) is 28.3. The lowest BCUT2D eigenvalue weighted by molar-refractivity contribution is -0.137. The standard InChI is InChI=1S/C28H23ClF5N3O2/c1-13-21-20(12-18(30)22(23(21)31)16-6-4-5-14-9-10-35-24(14)16)37-27(2,3)25(13)39-26(38)36-19-8-7-15(11-17(19)29)28(32,33)34/h4-13,25,35,37H,1-3H3,(H,36,38)/t13-,25?/m0/s1. The maximum atomic E-state index is 16.1. The number of carbonyl (C=O) groups excluding carboxylic acids is 1. The van der Waals surface area contributed by atoms with E-state index in [1.54, 1.807) is 45.2 Å². The Kier molecular flexibility index (Phi) is 6.49. The van der Waals surface area contributed by atoms with Crippen molar-refractivity contribution in [2.24, 2.45) is 0 Å². The molecule has 1 unspecified atom stereocenters. The number of anilines is 2. The van der Waals surface area contributed by atoms with Gasteiger partial charge in [0.25, 0.3) is 0 Å². The Balaban J connectivity index is 1.47. The largest absolute Gasteiger partial charge is 0.443 e. The van der Waals surface area contributed by atoms with Gasteiger partial charge < -0.3 is 15.0 Å². The molecule has 0 radical (unpaired) electrons. The third kappa shape index (κ3) is 4.78. The van der Waals surface area contributed by atoms with Gasteiger partial charge in [-0.2, -0.15) is 13.2 Å². The van der Waals surface area contributed by atoms with Crippen LogP contribution in [0.15, 0.2) is 54.7 Å². The van der Waals surface area contributed by atoms with E-state index in [0.717, 1.165) is 17.5 Å². The molecule has 1 aliphatic heterocycles. The Morgan fingerprint density at radius 2 is 1.85 bits per heavy atom. The summed E-state index contributed by atoms with van der Waals surface area (Å²) in [6.45, 7) is 5.07. The highest BCUT2D eigenvalue weighted by Gasteiger charge is 2.45. The van der Waals surface area contributed by atoms with E-state index >= 15 is 8.78 Å². The average Bonchev–Trinajstić information content (AvgIpc) is 3.31. The van der Waals surface area contributed by atoms with Crippen LogP contribution in [0.5, 0.6) is 0 Å². The monoisotopic (exact) mass is 563 g/mol. The van der Waals surface area contributed by atoms with E-state index in [4.69, 9.17) is 16.3 Å². The van der Waals surface area contributed by atoms with Crippen LogP contribution in [0, 0.1) is 11.6 Å². The summed E-state index contributed by atoms with van der Waals surface area (Å²) in [6.07, 6.45) is -4.86. The number of hydrogen-bond acceptors (Lipinski definition) is 3. The lowest BCUT2D eigenvalue weighted by Crippen LogP contribution is -2.52. The molecule has 4 aromatic rings. The summed E-state index contributed by atoms with van der Waals surface area (Å²) in [4.78, 5) is 15.8. The van der Waals surface area contributed by atoms with Gasteiger partial charge >= 0.3 is 12.3 Å². The minimum Gasteiger partial charge on any atom is -0.443 e. The van der Waals surface area contributed by atoms with E-state index in [1.165, 1.54) is 6.07 Å². The van der Waals surface area contributed by atoms with Crippen molar-refractivity contribution < 1.29 is 31.5 Å². The van der Waals surface area contributed by atoms with Gasteiger partial charge in [0, 0.05) is 28.9 Å². The van der Waals surface area contributed by atoms with Crippen molar-refractivity contribution in [3.8, 4) is 11.1 Å². The Labute approximate surface area is 225 Å². The molecular formula is C28H23ClF5N3O2. The molecule has 3 aromatic carbocycles. The van der Waals surface area contributed by atoms with Gasteiger partial charge in [-0.1, -0.05) is 36.7 Å². The highest BCUT2D eigenvalue weighted by molar-refractivity contribution is 6.33. The molecule has 1 aromatic heterocycles. The van der Waals surface area contributed by atoms with Crippen LogP contribution >= 0.6 is 11.6 Å². The quantitative estimate of drug-likeness (QED) is 0.218. The van der Waals surface area contributed by atoms with E-state index in [2.05, 4.69) is 15.6 Å². The number of rotatable bonds is 3. The van der Waals surface area contributed by atoms with Gasteiger partial charge in [-0.05, 0) is 49.6 Å². The molecule has 0 saturated heterocycles. The van der Waals surface area contributed by atoms with Crippen molar-refractivity contribution in [3.05, 3.63) is 82.5 Å². The second kappa shape index (κ2) is 9.44. The summed E-state index contributed by atoms with van der Waals surface area (Å²) in [5.41, 5.74) is -0.938. The van der Waals surface area contributed by atoms with Gasteiger partial charge in [0.05, 0.1) is 32.9 Å². The molecule has 5 rings (SSSR count). The number of amides is 1. The SMILES string of the molecule is C[C@H]1c2c(cc(F)c(-c3cccc4cc[nH]c34)c2F)NC(C)(C)C1OC(=O)Nc1ccc(C(F)(F)F)cc1Cl. The smallest absolute Gasteiger partial charge is 0.416 e. The molecule has 1 amide bonds. The van der Waals surface area contributed by atoms with Gasteiger partial charge in [0.2, 0.25) is 0 Å². The summed E-state index contributed by atoms with van der Waals surface area (Å²) in [7, 11) is 0. The number of ether oxygens (including phenoxy) is 1. The topological polar surface area (TPSA) is 66.1 Å². The van der Waals surface area contributed by atoms with E-state index in [9.17, 15) is 18.0 Å². The molecule has 3 N–H and O–H groups in total. The summed E-state index contributed by atoms with van der Waals surface area (Å²) in [5.74, 6) is -2.27. The first-order valence-electron chi connectivity index (χ1n) is 12.0. The van der Waals surface area contributed by atoms with Gasteiger partial charge in [-0.15, -0.1) is 0 Å². The van der Waals surface area contributed by atoms with Crippen molar-refractivity contribution in [3.63, 3.8) is 0 Å². The van der Waals surface area contributed by atoms with E-state index < -0.39 is 47.0 Å². The van der Waals surface area contributed by atoms with Crippen LogP contribution in [-0.2, 0) is 10.9 Å². The van der Waals surface area contributed by atoms with Crippen LogP contribution < -0.4 is 10.6 Å². The van der Waals surface area contributed by atoms with Gasteiger partial charge in [0.1, 0.15) is 17.7 Å². The third-order valence-corrected chi connectivity index (χ3v) is 7.27. The Bertz CT molecular complexity index is 1600. The summed E-state index contributed by atoms with van der Waals surface area (Å²) in [5, 5.41) is 5.88. The highest BCUT2D eigenvalue weighted by atomic mass is 35.5. The number of alkyl halides is 3. The number of hydrogen-bond donors (Lipinski definition) is 3. The number of nitrogens with one attached hydrogen (secondary N) is 3. The second-order valence-corrected chi connectivity index (χ2v) is 10.4. The van der Waals surface area contributed by atoms with Crippen LogP contribution in [-0.4, -0.2) is 22.7 Å². The fraction of sp³-hybridized carbons (Fsp3) is 0.250. The maximum absolute atomic E-state index is 16.1. The van der Waals surface area contributed by atoms with Crippen LogP contribution in [0.2, 0.25) is 5.02 Å². The van der Waals surface area contributed by atoms with Crippen molar-refractivity contribution in [1.29, 1.82) is 0 Å². The van der Waals surface area contributed by atoms with Crippen LogP contribution in [0.3, 0.4) is 0 Å². The van der Waals surface area contributed by atoms with E-state index in [-0.39, 0.29) is 27.5 Å². The first-order valence-corrected chi connectivity index (χ1v) is 12.4. The van der Waals surface area contributed by atoms with Gasteiger partial charge in [-0.3, -0.25) is 5.32 Å². The first-order chi connectivity index (χ1) is 18.3. The lowest BCUT2D eigenvalue weighted by Gasteiger charge is -2.44. The second-order valence-electron chi connectivity index (χ2n) is 10.0. The normalized spacial score (nSPS) is 18.4. The van der Waals surface area contributed by atoms with Crippen molar-refractivity contribution >= 4 is 40.0 Å². The van der Waals surface area contributed by atoms with Crippen LogP contribution in [0.4, 0.5) is 38.1 Å². The summed E-state index contributed by atoms with van der Waals surface area (Å²) >= 11 is 5.95. The third-order valence-electron chi connectivity index (χ3n) is 6.96. The molecule has 0 bridgehead atoms. The molecule has 39 heavy (non-hydrogen) atoms. The Morgan fingerprint density at radius 1 is 1.10 bits per heavy atom. The zero-order valence-electron chi connectivity index (χ0n) is 20.9. The fourth-order valence-electron chi connectivity index (χ4n) is 5.21. The van der Waals surface area contributed by atoms with Crippen LogP contribution in [0.25, 0.3) is 22.0 Å².